The molecular weight excluding hydrogens is 437 g/mol. The Morgan fingerprint density at radius 1 is 1.23 bits per heavy atom. The largest absolute Gasteiger partial charge is 0.481 e. The van der Waals surface area contributed by atoms with Crippen molar-refractivity contribution in [3.8, 4) is 0 Å². The van der Waals surface area contributed by atoms with Crippen LogP contribution in [0.15, 0.2) is 29.8 Å². The highest BCUT2D eigenvalue weighted by molar-refractivity contribution is 6.31. The van der Waals surface area contributed by atoms with Crippen molar-refractivity contribution in [2.24, 2.45) is 5.73 Å². The van der Waals surface area contributed by atoms with E-state index in [0.717, 1.165) is 12.1 Å². The molecular formula is C19H21ClFN3O7. The Bertz CT molecular complexity index is 924. The molecule has 168 valence electrons. The second-order valence-electron chi connectivity index (χ2n) is 6.94. The Hall–Kier alpha value is -3.02. The van der Waals surface area contributed by atoms with Crippen molar-refractivity contribution in [1.82, 2.24) is 10.6 Å². The van der Waals surface area contributed by atoms with Crippen LogP contribution in [0, 0.1) is 5.82 Å². The number of halogens is 2. The molecule has 4 atom stereocenters. The summed E-state index contributed by atoms with van der Waals surface area (Å²) in [6.45, 7) is 0. The predicted molar refractivity (Wildman–Crippen MR) is 105 cm³/mol. The van der Waals surface area contributed by atoms with Gasteiger partial charge in [-0.05, 0) is 24.6 Å². The molecule has 0 heterocycles. The Kier molecular flexibility index (Phi) is 8.08. The van der Waals surface area contributed by atoms with Gasteiger partial charge in [0.1, 0.15) is 18.0 Å². The van der Waals surface area contributed by atoms with Crippen LogP contribution in [0.5, 0.6) is 0 Å². The Balaban J connectivity index is 2.16. The molecule has 0 saturated carbocycles. The van der Waals surface area contributed by atoms with Gasteiger partial charge in [0.05, 0.1) is 17.2 Å². The van der Waals surface area contributed by atoms with Gasteiger partial charge in [-0.1, -0.05) is 17.7 Å². The number of carbonyl (C=O) groups is 4. The van der Waals surface area contributed by atoms with Crippen LogP contribution in [0.1, 0.15) is 29.6 Å². The number of primary amides is 1. The number of hydrogen-bond donors (Lipinski definition) is 6. The summed E-state index contributed by atoms with van der Waals surface area (Å²) in [7, 11) is 0. The summed E-state index contributed by atoms with van der Waals surface area (Å²) < 4.78 is 13.3. The van der Waals surface area contributed by atoms with Crippen LogP contribution in [0.4, 0.5) is 4.39 Å². The van der Waals surface area contributed by atoms with Crippen molar-refractivity contribution >= 4 is 35.3 Å². The monoisotopic (exact) mass is 457 g/mol. The van der Waals surface area contributed by atoms with Crippen LogP contribution in [-0.2, 0) is 14.4 Å². The molecule has 3 amide bonds. The van der Waals surface area contributed by atoms with Crippen LogP contribution in [0.3, 0.4) is 0 Å². The van der Waals surface area contributed by atoms with Crippen molar-refractivity contribution in [2.45, 2.75) is 43.6 Å². The first-order valence-corrected chi connectivity index (χ1v) is 9.52. The minimum atomic E-state index is -1.45. The van der Waals surface area contributed by atoms with Gasteiger partial charge in [-0.3, -0.25) is 19.2 Å². The average molecular weight is 458 g/mol. The van der Waals surface area contributed by atoms with E-state index in [2.05, 4.69) is 10.6 Å². The fourth-order valence-corrected chi connectivity index (χ4v) is 3.12. The quantitative estimate of drug-likeness (QED) is 0.303. The third kappa shape index (κ3) is 6.48. The van der Waals surface area contributed by atoms with Gasteiger partial charge in [0.15, 0.2) is 0 Å². The molecule has 1 aromatic rings. The van der Waals surface area contributed by atoms with E-state index in [-0.39, 0.29) is 29.0 Å². The molecule has 2 rings (SSSR count). The summed E-state index contributed by atoms with van der Waals surface area (Å²) in [4.78, 5) is 47.0. The lowest BCUT2D eigenvalue weighted by atomic mass is 9.89. The molecule has 0 aliphatic heterocycles. The number of carboxylic acid groups (broad SMARTS) is 1. The van der Waals surface area contributed by atoms with E-state index < -0.39 is 60.2 Å². The number of aliphatic carboxylic acids is 1. The minimum absolute atomic E-state index is 0.0134. The summed E-state index contributed by atoms with van der Waals surface area (Å²) in [6.07, 6.45) is -2.60. The normalized spacial score (nSPS) is 21.5. The molecule has 10 nitrogen and oxygen atoms in total. The highest BCUT2D eigenvalue weighted by Crippen LogP contribution is 2.21. The Morgan fingerprint density at radius 3 is 2.48 bits per heavy atom. The van der Waals surface area contributed by atoms with Gasteiger partial charge in [0, 0.05) is 24.0 Å². The SMILES string of the molecule is NC(=O)[C@H](CCC(=O)O)NC(=O)C1=C[C@H](NC(=O)c2ccc(F)c(Cl)c2)[C@@H](O)[C@H](O)C1. The topological polar surface area (TPSA) is 179 Å². The molecule has 0 fully saturated rings. The number of carbonyl (C=O) groups excluding carboxylic acids is 3. The van der Waals surface area contributed by atoms with Crippen molar-refractivity contribution in [2.75, 3.05) is 0 Å². The molecule has 31 heavy (non-hydrogen) atoms. The van der Waals surface area contributed by atoms with Gasteiger partial charge in [-0.2, -0.15) is 0 Å². The van der Waals surface area contributed by atoms with E-state index in [1.807, 2.05) is 0 Å². The summed E-state index contributed by atoms with van der Waals surface area (Å²) in [5.74, 6) is -4.40. The van der Waals surface area contributed by atoms with Gasteiger partial charge < -0.3 is 31.7 Å². The van der Waals surface area contributed by atoms with E-state index in [9.17, 15) is 33.8 Å². The van der Waals surface area contributed by atoms with Crippen molar-refractivity contribution in [3.05, 3.63) is 46.3 Å². The van der Waals surface area contributed by atoms with Crippen LogP contribution in [0.2, 0.25) is 5.02 Å². The summed E-state index contributed by atoms with van der Waals surface area (Å²) in [5, 5.41) is 33.4. The molecule has 0 radical (unpaired) electrons. The average Bonchev–Trinajstić information content (AvgIpc) is 2.69. The maximum absolute atomic E-state index is 13.3. The summed E-state index contributed by atoms with van der Waals surface area (Å²) in [5.41, 5.74) is 5.11. The molecule has 0 bridgehead atoms. The van der Waals surface area contributed by atoms with Crippen molar-refractivity contribution in [1.29, 1.82) is 0 Å². The second kappa shape index (κ2) is 10.3. The van der Waals surface area contributed by atoms with E-state index in [4.69, 9.17) is 22.4 Å². The fraction of sp³-hybridized carbons (Fsp3) is 0.368. The number of aliphatic hydroxyl groups is 2. The number of benzene rings is 1. The zero-order chi connectivity index (χ0) is 23.3. The molecule has 7 N–H and O–H groups in total. The number of aliphatic hydroxyl groups excluding tert-OH is 2. The zero-order valence-corrected chi connectivity index (χ0v) is 16.8. The lowest BCUT2D eigenvalue weighted by Crippen LogP contribution is -2.52. The van der Waals surface area contributed by atoms with Gasteiger partial charge in [0.25, 0.3) is 5.91 Å². The van der Waals surface area contributed by atoms with Crippen LogP contribution >= 0.6 is 11.6 Å². The van der Waals surface area contributed by atoms with E-state index in [1.165, 1.54) is 12.1 Å². The number of nitrogens with two attached hydrogens (primary N) is 1. The van der Waals surface area contributed by atoms with Crippen molar-refractivity contribution in [3.63, 3.8) is 0 Å². The van der Waals surface area contributed by atoms with Crippen LogP contribution in [-0.4, -0.2) is 63.3 Å². The highest BCUT2D eigenvalue weighted by Gasteiger charge is 2.34. The Labute approximate surface area is 180 Å². The molecule has 0 saturated heterocycles. The minimum Gasteiger partial charge on any atom is -0.481 e. The summed E-state index contributed by atoms with van der Waals surface area (Å²) in [6, 6.07) is 0.781. The predicted octanol–water partition coefficient (Wildman–Crippen LogP) is -0.536. The molecule has 1 aromatic carbocycles. The van der Waals surface area contributed by atoms with E-state index in [0.29, 0.717) is 0 Å². The number of rotatable bonds is 8. The maximum Gasteiger partial charge on any atom is 0.303 e. The van der Waals surface area contributed by atoms with Crippen LogP contribution in [0.25, 0.3) is 0 Å². The number of carboxylic acids is 1. The van der Waals surface area contributed by atoms with Gasteiger partial charge in [-0.15, -0.1) is 0 Å². The zero-order valence-electron chi connectivity index (χ0n) is 16.0. The molecule has 1 aliphatic carbocycles. The first-order valence-electron chi connectivity index (χ1n) is 9.14. The number of nitrogens with one attached hydrogen (secondary N) is 2. The van der Waals surface area contributed by atoms with E-state index >= 15 is 0 Å². The van der Waals surface area contributed by atoms with Gasteiger partial charge in [0.2, 0.25) is 11.8 Å². The first-order chi connectivity index (χ1) is 14.5. The number of hydrogen-bond acceptors (Lipinski definition) is 6. The van der Waals surface area contributed by atoms with E-state index in [1.54, 1.807) is 0 Å². The lowest BCUT2D eigenvalue weighted by molar-refractivity contribution is -0.137. The number of amides is 3. The molecule has 1 aliphatic rings. The molecule has 0 spiro atoms. The molecule has 0 unspecified atom stereocenters. The summed E-state index contributed by atoms with van der Waals surface area (Å²) >= 11 is 5.65. The van der Waals surface area contributed by atoms with Gasteiger partial charge >= 0.3 is 5.97 Å². The van der Waals surface area contributed by atoms with Crippen molar-refractivity contribution < 1.29 is 38.9 Å². The highest BCUT2D eigenvalue weighted by atomic mass is 35.5. The lowest BCUT2D eigenvalue weighted by Gasteiger charge is -2.31. The maximum atomic E-state index is 13.3. The Morgan fingerprint density at radius 2 is 1.90 bits per heavy atom. The first kappa shape index (κ1) is 24.3. The molecule has 0 aromatic heterocycles. The third-order valence-electron chi connectivity index (χ3n) is 4.64. The standard InChI is InChI=1S/C19H21ClFN3O7/c20-10-5-8(1-2-11(10)21)18(30)24-13-6-9(7-14(25)16(13)28)19(31)23-12(17(22)29)3-4-15(26)27/h1-2,5-6,12-14,16,25,28H,3-4,7H2,(H2,22,29)(H,23,31)(H,24,30)(H,26,27)/t12-,13-,14+,16+/m0/s1. The second-order valence-corrected chi connectivity index (χ2v) is 7.35. The smallest absolute Gasteiger partial charge is 0.303 e. The molecule has 12 heteroatoms. The fourth-order valence-electron chi connectivity index (χ4n) is 2.94. The van der Waals surface area contributed by atoms with Gasteiger partial charge in [-0.25, -0.2) is 4.39 Å². The third-order valence-corrected chi connectivity index (χ3v) is 4.93. The van der Waals surface area contributed by atoms with Crippen LogP contribution < -0.4 is 16.4 Å².